The topological polar surface area (TPSA) is 139 Å². The molecule has 0 saturated heterocycles. The van der Waals surface area contributed by atoms with Crippen molar-refractivity contribution in [2.24, 2.45) is 17.6 Å². The third kappa shape index (κ3) is 3.95. The molecule has 0 radical (unpaired) electrons. The Bertz CT molecular complexity index is 1010. The average Bonchev–Trinajstić information content (AvgIpc) is 3.50. The van der Waals surface area contributed by atoms with Crippen LogP contribution in [0, 0.1) is 5.41 Å². The summed E-state index contributed by atoms with van der Waals surface area (Å²) in [4.78, 5) is 19.3. The molecule has 0 aromatic carbocycles. The van der Waals surface area contributed by atoms with E-state index in [2.05, 4.69) is 20.3 Å². The number of rotatable bonds is 7. The fourth-order valence-electron chi connectivity index (χ4n) is 4.10. The Labute approximate surface area is 173 Å². The molecule has 10 heteroatoms. The van der Waals surface area contributed by atoms with Crippen molar-refractivity contribution in [2.45, 2.75) is 64.0 Å². The molecule has 158 valence electrons. The number of carboxylic acids is 1. The minimum atomic E-state index is -0.762. The van der Waals surface area contributed by atoms with Crippen molar-refractivity contribution in [2.75, 3.05) is 0 Å². The van der Waals surface area contributed by atoms with Gasteiger partial charge in [0.25, 0.3) is 0 Å². The second-order valence-corrected chi connectivity index (χ2v) is 8.45. The first-order valence-corrected chi connectivity index (χ1v) is 10.2. The molecule has 2 atom stereocenters. The van der Waals surface area contributed by atoms with E-state index in [9.17, 15) is 9.90 Å². The number of hydrogen-bond donors (Lipinski definition) is 1. The van der Waals surface area contributed by atoms with E-state index in [1.54, 1.807) is 18.7 Å². The number of aromatic nitrogens is 4. The highest BCUT2D eigenvalue weighted by Gasteiger charge is 2.40. The van der Waals surface area contributed by atoms with Gasteiger partial charge < -0.3 is 9.84 Å². The third-order valence-corrected chi connectivity index (χ3v) is 6.06. The zero-order valence-corrected chi connectivity index (χ0v) is 17.2. The molecule has 4 rings (SSSR count). The quantitative estimate of drug-likeness (QED) is 0.415. The highest BCUT2D eigenvalue weighted by Crippen LogP contribution is 2.45. The van der Waals surface area contributed by atoms with Gasteiger partial charge in [-0.2, -0.15) is 0 Å². The average molecular weight is 411 g/mol. The number of aliphatic carboxylic acids is 1. The smallest absolute Gasteiger partial charge is 0.309 e. The van der Waals surface area contributed by atoms with Crippen LogP contribution in [0.4, 0.5) is 0 Å². The molecule has 2 aliphatic rings. The van der Waals surface area contributed by atoms with Crippen molar-refractivity contribution in [3.63, 3.8) is 0 Å². The molecule has 2 fully saturated rings. The van der Waals surface area contributed by atoms with Crippen LogP contribution < -0.4 is 4.74 Å². The van der Waals surface area contributed by atoms with Gasteiger partial charge in [0, 0.05) is 24.3 Å². The molecule has 2 heterocycles. The second-order valence-electron chi connectivity index (χ2n) is 8.45. The van der Waals surface area contributed by atoms with Crippen LogP contribution in [0.2, 0.25) is 0 Å². The Morgan fingerprint density at radius 1 is 1.43 bits per heavy atom. The zero-order valence-electron chi connectivity index (χ0n) is 17.2. The normalized spacial score (nSPS) is 23.6. The maximum Gasteiger partial charge on any atom is 0.309 e. The summed E-state index contributed by atoms with van der Waals surface area (Å²) in [7, 11) is 1.75. The Hall–Kier alpha value is -3.13. The Morgan fingerprint density at radius 3 is 2.93 bits per heavy atom. The molecule has 10 nitrogen and oxygen atoms in total. The number of hydrogen-bond acceptors (Lipinski definition) is 6. The van der Waals surface area contributed by atoms with E-state index < -0.39 is 11.4 Å². The fourth-order valence-corrected chi connectivity index (χ4v) is 4.10. The number of carboxylic acid groups (broad SMARTS) is 1. The van der Waals surface area contributed by atoms with Gasteiger partial charge in [-0.15, -0.1) is 5.10 Å². The lowest BCUT2D eigenvalue weighted by molar-refractivity contribution is -0.151. The predicted molar refractivity (Wildman–Crippen MR) is 108 cm³/mol. The number of azide groups is 1. The fraction of sp³-hybridized carbons (Fsp3) is 0.600. The first-order valence-electron chi connectivity index (χ1n) is 10.2. The molecular weight excluding hydrogens is 386 g/mol. The van der Waals surface area contributed by atoms with E-state index in [1.165, 1.54) is 0 Å². The molecule has 0 unspecified atom stereocenters. The summed E-state index contributed by atoms with van der Waals surface area (Å²) in [6.07, 6.45) is 4.81. The molecule has 0 bridgehead atoms. The van der Waals surface area contributed by atoms with E-state index in [4.69, 9.17) is 15.3 Å². The van der Waals surface area contributed by atoms with E-state index in [-0.39, 0.29) is 12.6 Å². The van der Waals surface area contributed by atoms with E-state index in [0.29, 0.717) is 35.8 Å². The van der Waals surface area contributed by atoms with Gasteiger partial charge in [-0.1, -0.05) is 10.3 Å². The summed E-state index contributed by atoms with van der Waals surface area (Å²) in [6.45, 7) is 1.94. The second kappa shape index (κ2) is 7.95. The lowest BCUT2D eigenvalue weighted by atomic mass is 9.74. The molecule has 0 aliphatic heterocycles. The SMILES string of the molecule is Cn1nnc(-c2ccc(O[C@H]3CCC[C@](C)(C(=O)O)C3)c(C3CC3)n2)c1CN=[N+]=[N-]. The van der Waals surface area contributed by atoms with Gasteiger partial charge in [-0.3, -0.25) is 9.48 Å². The third-order valence-electron chi connectivity index (χ3n) is 6.06. The number of aryl methyl sites for hydroxylation is 1. The van der Waals surface area contributed by atoms with Gasteiger partial charge in [0.15, 0.2) is 0 Å². The van der Waals surface area contributed by atoms with Gasteiger partial charge in [0.2, 0.25) is 0 Å². The van der Waals surface area contributed by atoms with Crippen LogP contribution >= 0.6 is 0 Å². The Balaban J connectivity index is 1.61. The molecule has 2 aromatic heterocycles. The van der Waals surface area contributed by atoms with E-state index >= 15 is 0 Å². The van der Waals surface area contributed by atoms with Gasteiger partial charge >= 0.3 is 5.97 Å². The predicted octanol–water partition coefficient (Wildman–Crippen LogP) is 3.98. The summed E-state index contributed by atoms with van der Waals surface area (Å²) in [5.41, 5.74) is 10.7. The molecule has 30 heavy (non-hydrogen) atoms. The Kier molecular flexibility index (Phi) is 5.34. The van der Waals surface area contributed by atoms with Crippen LogP contribution in [0.1, 0.15) is 62.8 Å². The summed E-state index contributed by atoms with van der Waals surface area (Å²) >= 11 is 0. The van der Waals surface area contributed by atoms with Crippen LogP contribution in [0.15, 0.2) is 17.2 Å². The largest absolute Gasteiger partial charge is 0.488 e. The molecule has 0 spiro atoms. The number of ether oxygens (including phenoxy) is 1. The highest BCUT2D eigenvalue weighted by molar-refractivity contribution is 5.74. The van der Waals surface area contributed by atoms with Gasteiger partial charge in [-0.25, -0.2) is 4.98 Å². The minimum Gasteiger partial charge on any atom is -0.488 e. The molecular formula is C20H25N7O3. The minimum absolute atomic E-state index is 0.137. The van der Waals surface area contributed by atoms with Crippen molar-refractivity contribution in [1.29, 1.82) is 0 Å². The van der Waals surface area contributed by atoms with Crippen molar-refractivity contribution in [3.8, 4) is 17.1 Å². The van der Waals surface area contributed by atoms with Crippen LogP contribution in [0.5, 0.6) is 5.75 Å². The molecule has 2 aromatic rings. The monoisotopic (exact) mass is 411 g/mol. The van der Waals surface area contributed by atoms with Gasteiger partial charge in [0.1, 0.15) is 11.4 Å². The summed E-state index contributed by atoms with van der Waals surface area (Å²) in [5, 5.41) is 21.5. The zero-order chi connectivity index (χ0) is 21.3. The van der Waals surface area contributed by atoms with Crippen molar-refractivity contribution in [1.82, 2.24) is 20.0 Å². The number of carbonyl (C=O) groups is 1. The van der Waals surface area contributed by atoms with E-state index in [1.807, 2.05) is 12.1 Å². The standard InChI is InChI=1S/C20H25N7O3/c1-20(19(28)29)9-3-4-13(10-20)30-16-8-7-14(23-17(16)12-5-6-12)18-15(11-22-25-21)27(2)26-24-18/h7-8,12-13H,3-6,9-11H2,1-2H3,(H,28,29)/t13-,20-/m0/s1. The van der Waals surface area contributed by atoms with Crippen LogP contribution in [0.25, 0.3) is 21.8 Å². The van der Waals surface area contributed by atoms with Gasteiger partial charge in [-0.05, 0) is 56.7 Å². The number of pyridine rings is 1. The lowest BCUT2D eigenvalue weighted by Gasteiger charge is -2.35. The molecule has 2 aliphatic carbocycles. The van der Waals surface area contributed by atoms with Crippen molar-refractivity contribution >= 4 is 5.97 Å². The highest BCUT2D eigenvalue weighted by atomic mass is 16.5. The maximum atomic E-state index is 11.7. The summed E-state index contributed by atoms with van der Waals surface area (Å²) < 4.78 is 7.88. The lowest BCUT2D eigenvalue weighted by Crippen LogP contribution is -2.38. The van der Waals surface area contributed by atoms with E-state index in [0.717, 1.165) is 37.1 Å². The first kappa shape index (κ1) is 20.2. The van der Waals surface area contributed by atoms with Crippen molar-refractivity contribution in [3.05, 3.63) is 34.0 Å². The summed E-state index contributed by atoms with van der Waals surface area (Å²) in [5.74, 6) is 0.301. The number of nitrogens with zero attached hydrogens (tertiary/aromatic N) is 7. The molecule has 2 saturated carbocycles. The molecule has 1 N–H and O–H groups in total. The van der Waals surface area contributed by atoms with Crippen molar-refractivity contribution < 1.29 is 14.6 Å². The first-order chi connectivity index (χ1) is 14.4. The summed E-state index contributed by atoms with van der Waals surface area (Å²) in [6, 6.07) is 3.73. The van der Waals surface area contributed by atoms with Gasteiger partial charge in [0.05, 0.1) is 35.1 Å². The van der Waals surface area contributed by atoms with Crippen LogP contribution in [-0.2, 0) is 18.4 Å². The molecule has 0 amide bonds. The van der Waals surface area contributed by atoms with Crippen LogP contribution in [-0.4, -0.2) is 37.2 Å². The maximum absolute atomic E-state index is 11.7. The Morgan fingerprint density at radius 2 is 2.23 bits per heavy atom. The van der Waals surface area contributed by atoms with Crippen LogP contribution in [0.3, 0.4) is 0 Å².